The Balaban J connectivity index is 3.77. The zero-order valence-electron chi connectivity index (χ0n) is 7.13. The van der Waals surface area contributed by atoms with Gasteiger partial charge in [-0.3, -0.25) is 0 Å². The molecule has 0 saturated carbocycles. The Hall–Kier alpha value is -0.500. The minimum atomic E-state index is 0.738. The maximum Gasteiger partial charge on any atom is 0.00260 e. The van der Waals surface area contributed by atoms with E-state index in [1.54, 1.807) is 0 Å². The van der Waals surface area contributed by atoms with E-state index in [-0.39, 0.29) is 0 Å². The van der Waals surface area contributed by atoms with Crippen molar-refractivity contribution in [2.75, 3.05) is 5.75 Å². The van der Waals surface area contributed by atoms with Gasteiger partial charge in [0.25, 0.3) is 0 Å². The van der Waals surface area contributed by atoms with E-state index in [0.717, 1.165) is 12.2 Å². The summed E-state index contributed by atoms with van der Waals surface area (Å²) in [5.74, 6) is 1.11. The highest BCUT2D eigenvalue weighted by molar-refractivity contribution is 8.03. The van der Waals surface area contributed by atoms with E-state index in [4.69, 9.17) is 5.41 Å². The van der Waals surface area contributed by atoms with Gasteiger partial charge in [-0.1, -0.05) is 25.2 Å². The molecule has 0 amide bonds. The molecule has 0 aromatic rings. The van der Waals surface area contributed by atoms with E-state index in [1.807, 2.05) is 24.8 Å². The van der Waals surface area contributed by atoms with Crippen molar-refractivity contribution < 1.29 is 0 Å². The van der Waals surface area contributed by atoms with Crippen LogP contribution in [0.3, 0.4) is 0 Å². The average molecular weight is 169 g/mol. The highest BCUT2D eigenvalue weighted by Gasteiger charge is 1.86. The summed E-state index contributed by atoms with van der Waals surface area (Å²) in [6.45, 7) is 4.17. The van der Waals surface area contributed by atoms with Crippen molar-refractivity contribution in [2.24, 2.45) is 0 Å². The number of nitrogens with one attached hydrogen (secondary N) is 1. The molecule has 0 rings (SSSR count). The van der Waals surface area contributed by atoms with Gasteiger partial charge in [-0.25, -0.2) is 0 Å². The Bertz CT molecular complexity index is 159. The molecular weight excluding hydrogens is 154 g/mol. The van der Waals surface area contributed by atoms with Gasteiger partial charge in [-0.05, 0) is 18.9 Å². The molecule has 62 valence electrons. The average Bonchev–Trinajstić information content (AvgIpc) is 2.03. The standard InChI is InChI=1S/C9H15NS/c1-3-9(11-4-2)7-5-6-8-10/h3,5,7-8,10H,4,6H2,1-2H3/b7-5-,9-3+,10-8?. The summed E-state index contributed by atoms with van der Waals surface area (Å²) < 4.78 is 0. The monoisotopic (exact) mass is 169 g/mol. The summed E-state index contributed by atoms with van der Waals surface area (Å²) in [5.41, 5.74) is 0. The van der Waals surface area contributed by atoms with Crippen molar-refractivity contribution in [3.05, 3.63) is 23.1 Å². The molecule has 0 aliphatic heterocycles. The van der Waals surface area contributed by atoms with Gasteiger partial charge >= 0.3 is 0 Å². The molecule has 0 spiro atoms. The zero-order chi connectivity index (χ0) is 8.53. The normalized spacial score (nSPS) is 12.4. The first-order chi connectivity index (χ1) is 5.35. The van der Waals surface area contributed by atoms with Crippen LogP contribution in [0.15, 0.2) is 23.1 Å². The lowest BCUT2D eigenvalue weighted by Gasteiger charge is -1.95. The molecule has 0 aromatic heterocycles. The summed E-state index contributed by atoms with van der Waals surface area (Å²) in [5, 5.41) is 6.80. The summed E-state index contributed by atoms with van der Waals surface area (Å²) in [4.78, 5) is 1.29. The Kier molecular flexibility index (Phi) is 7.26. The van der Waals surface area contributed by atoms with Crippen molar-refractivity contribution in [3.8, 4) is 0 Å². The first-order valence-corrected chi connectivity index (χ1v) is 4.78. The fourth-order valence-electron chi connectivity index (χ4n) is 0.647. The van der Waals surface area contributed by atoms with Crippen LogP contribution in [0.4, 0.5) is 0 Å². The number of hydrogen-bond acceptors (Lipinski definition) is 2. The Labute approximate surface area is 73.1 Å². The van der Waals surface area contributed by atoms with Crippen molar-refractivity contribution >= 4 is 18.0 Å². The van der Waals surface area contributed by atoms with Crippen LogP contribution in [0.1, 0.15) is 20.3 Å². The van der Waals surface area contributed by atoms with E-state index in [1.165, 1.54) is 11.1 Å². The third-order valence-electron chi connectivity index (χ3n) is 1.13. The van der Waals surface area contributed by atoms with Crippen LogP contribution in [0.25, 0.3) is 0 Å². The second-order valence-corrected chi connectivity index (χ2v) is 3.30. The van der Waals surface area contributed by atoms with Crippen molar-refractivity contribution in [3.63, 3.8) is 0 Å². The van der Waals surface area contributed by atoms with Crippen LogP contribution in [0.2, 0.25) is 0 Å². The maximum absolute atomic E-state index is 6.80. The third-order valence-corrected chi connectivity index (χ3v) is 2.13. The van der Waals surface area contributed by atoms with Gasteiger partial charge in [0.05, 0.1) is 0 Å². The van der Waals surface area contributed by atoms with Crippen molar-refractivity contribution in [1.82, 2.24) is 0 Å². The van der Waals surface area contributed by atoms with Crippen LogP contribution >= 0.6 is 11.8 Å². The predicted molar refractivity (Wildman–Crippen MR) is 54.4 cm³/mol. The van der Waals surface area contributed by atoms with Gasteiger partial charge in [-0.2, -0.15) is 0 Å². The lowest BCUT2D eigenvalue weighted by molar-refractivity contribution is 1.43. The fraction of sp³-hybridized carbons (Fsp3) is 0.444. The Morgan fingerprint density at radius 3 is 2.73 bits per heavy atom. The molecule has 0 bridgehead atoms. The molecule has 2 heteroatoms. The van der Waals surface area contributed by atoms with Gasteiger partial charge in [0.15, 0.2) is 0 Å². The highest BCUT2D eigenvalue weighted by atomic mass is 32.2. The number of hydrogen-bond donors (Lipinski definition) is 1. The summed E-state index contributed by atoms with van der Waals surface area (Å²) >= 11 is 1.83. The topological polar surface area (TPSA) is 23.9 Å². The minimum absolute atomic E-state index is 0.738. The second kappa shape index (κ2) is 7.61. The van der Waals surface area contributed by atoms with Gasteiger partial charge in [0.1, 0.15) is 0 Å². The zero-order valence-corrected chi connectivity index (χ0v) is 7.95. The lowest BCUT2D eigenvalue weighted by atomic mass is 10.4. The highest BCUT2D eigenvalue weighted by Crippen LogP contribution is 2.15. The van der Waals surface area contributed by atoms with Gasteiger partial charge < -0.3 is 5.41 Å². The molecule has 0 unspecified atom stereocenters. The van der Waals surface area contributed by atoms with Crippen LogP contribution < -0.4 is 0 Å². The molecule has 1 nitrogen and oxygen atoms in total. The Morgan fingerprint density at radius 1 is 1.55 bits per heavy atom. The van der Waals surface area contributed by atoms with E-state index in [2.05, 4.69) is 19.1 Å². The quantitative estimate of drug-likeness (QED) is 0.496. The number of rotatable bonds is 5. The van der Waals surface area contributed by atoms with Crippen LogP contribution in [-0.4, -0.2) is 12.0 Å². The smallest absolute Gasteiger partial charge is 0.00260 e. The molecule has 0 aliphatic rings. The summed E-state index contributed by atoms with van der Waals surface area (Å²) in [6.07, 6.45) is 8.31. The van der Waals surface area contributed by atoms with Crippen molar-refractivity contribution in [2.45, 2.75) is 20.3 Å². The second-order valence-electron chi connectivity index (χ2n) is 1.97. The van der Waals surface area contributed by atoms with Crippen LogP contribution in [-0.2, 0) is 0 Å². The molecular formula is C9H15NS. The molecule has 0 aliphatic carbocycles. The van der Waals surface area contributed by atoms with E-state index in [0.29, 0.717) is 0 Å². The predicted octanol–water partition coefficient (Wildman–Crippen LogP) is 3.24. The van der Waals surface area contributed by atoms with E-state index >= 15 is 0 Å². The molecule has 11 heavy (non-hydrogen) atoms. The minimum Gasteiger partial charge on any atom is -0.313 e. The molecule has 0 atom stereocenters. The molecule has 0 heterocycles. The van der Waals surface area contributed by atoms with Crippen molar-refractivity contribution in [1.29, 1.82) is 5.41 Å². The third kappa shape index (κ3) is 5.92. The first-order valence-electron chi connectivity index (χ1n) is 3.79. The molecule has 0 fully saturated rings. The first kappa shape index (κ1) is 10.5. The maximum atomic E-state index is 6.80. The number of allylic oxidation sites excluding steroid dienone is 3. The molecule has 0 aromatic carbocycles. The SMILES string of the molecule is C/C=C(\C=C/CC=N)SCC. The lowest BCUT2D eigenvalue weighted by Crippen LogP contribution is -1.72. The van der Waals surface area contributed by atoms with E-state index < -0.39 is 0 Å². The Morgan fingerprint density at radius 2 is 2.27 bits per heavy atom. The van der Waals surface area contributed by atoms with Gasteiger partial charge in [-0.15, -0.1) is 11.8 Å². The number of thioether (sulfide) groups is 1. The largest absolute Gasteiger partial charge is 0.313 e. The van der Waals surface area contributed by atoms with E-state index in [9.17, 15) is 0 Å². The van der Waals surface area contributed by atoms with Crippen LogP contribution in [0, 0.1) is 5.41 Å². The fourth-order valence-corrected chi connectivity index (χ4v) is 1.34. The van der Waals surface area contributed by atoms with Gasteiger partial charge in [0.2, 0.25) is 0 Å². The summed E-state index contributed by atoms with van der Waals surface area (Å²) in [6, 6.07) is 0. The molecule has 0 radical (unpaired) electrons. The summed E-state index contributed by atoms with van der Waals surface area (Å²) in [7, 11) is 0. The van der Waals surface area contributed by atoms with Crippen LogP contribution in [0.5, 0.6) is 0 Å². The van der Waals surface area contributed by atoms with Gasteiger partial charge in [0, 0.05) is 11.3 Å². The molecule has 0 saturated heterocycles. The molecule has 1 N–H and O–H groups in total.